The summed E-state index contributed by atoms with van der Waals surface area (Å²) in [6.45, 7) is 2.03. The molecule has 18 heavy (non-hydrogen) atoms. The quantitative estimate of drug-likeness (QED) is 0.571. The molecule has 0 aliphatic heterocycles. The Bertz CT molecular complexity index is 398. The summed E-state index contributed by atoms with van der Waals surface area (Å²) in [6, 6.07) is 0. The highest BCUT2D eigenvalue weighted by Gasteiger charge is 2.48. The van der Waals surface area contributed by atoms with Gasteiger partial charge in [0.05, 0.1) is 0 Å². The molecule has 7 heteroatoms. The van der Waals surface area contributed by atoms with Crippen molar-refractivity contribution < 1.29 is 25.8 Å². The standard InChI is InChI=1S/C11H17F3O3S/c1-2-3-5-9-6-4-7-10(8-9)17-18(15,16)11(12,13)14/h8-9H,2-7H2,1H3/t9-/m0/s1. The SMILES string of the molecule is CCCC[C@@H]1C=C(OS(=O)(=O)C(F)(F)F)CCC1. The first-order valence-electron chi connectivity index (χ1n) is 5.97. The van der Waals surface area contributed by atoms with Gasteiger partial charge in [0, 0.05) is 6.42 Å². The molecule has 0 spiro atoms. The van der Waals surface area contributed by atoms with Gasteiger partial charge in [0.25, 0.3) is 0 Å². The molecule has 0 heterocycles. The van der Waals surface area contributed by atoms with Crippen molar-refractivity contribution in [2.24, 2.45) is 5.92 Å². The van der Waals surface area contributed by atoms with Crippen molar-refractivity contribution in [3.63, 3.8) is 0 Å². The highest BCUT2D eigenvalue weighted by molar-refractivity contribution is 7.87. The van der Waals surface area contributed by atoms with E-state index in [1.165, 1.54) is 6.08 Å². The highest BCUT2D eigenvalue weighted by atomic mass is 32.2. The molecule has 1 aliphatic rings. The lowest BCUT2D eigenvalue weighted by Crippen LogP contribution is -2.26. The van der Waals surface area contributed by atoms with Gasteiger partial charge in [-0.15, -0.1) is 0 Å². The molecule has 3 nitrogen and oxygen atoms in total. The third kappa shape index (κ3) is 4.19. The number of hydrogen-bond acceptors (Lipinski definition) is 3. The van der Waals surface area contributed by atoms with E-state index < -0.39 is 15.6 Å². The molecule has 0 aromatic rings. The van der Waals surface area contributed by atoms with E-state index in [0.717, 1.165) is 25.7 Å². The largest absolute Gasteiger partial charge is 0.534 e. The number of alkyl halides is 3. The lowest BCUT2D eigenvalue weighted by molar-refractivity contribution is -0.0524. The van der Waals surface area contributed by atoms with E-state index >= 15 is 0 Å². The first-order valence-corrected chi connectivity index (χ1v) is 7.38. The van der Waals surface area contributed by atoms with Crippen molar-refractivity contribution >= 4 is 10.1 Å². The zero-order valence-electron chi connectivity index (χ0n) is 10.2. The maximum Gasteiger partial charge on any atom is 0.534 e. The molecule has 0 fully saturated rings. The number of allylic oxidation sites excluding steroid dienone is 2. The number of unbranched alkanes of at least 4 members (excludes halogenated alkanes) is 1. The second-order valence-electron chi connectivity index (χ2n) is 4.41. The van der Waals surface area contributed by atoms with Crippen LogP contribution < -0.4 is 0 Å². The summed E-state index contributed by atoms with van der Waals surface area (Å²) in [5.41, 5.74) is -5.36. The van der Waals surface area contributed by atoms with E-state index in [0.29, 0.717) is 6.42 Å². The third-order valence-corrected chi connectivity index (χ3v) is 3.85. The topological polar surface area (TPSA) is 43.4 Å². The normalized spacial score (nSPS) is 21.6. The molecule has 1 atom stereocenters. The zero-order valence-corrected chi connectivity index (χ0v) is 11.0. The molecule has 1 rings (SSSR count). The molecule has 0 aromatic heterocycles. The lowest BCUT2D eigenvalue weighted by Gasteiger charge is -2.21. The van der Waals surface area contributed by atoms with Crippen LogP contribution in [-0.2, 0) is 14.3 Å². The van der Waals surface area contributed by atoms with Crippen LogP contribution in [-0.4, -0.2) is 13.9 Å². The molecule has 1 aliphatic carbocycles. The van der Waals surface area contributed by atoms with E-state index in [2.05, 4.69) is 4.18 Å². The fourth-order valence-corrected chi connectivity index (χ4v) is 2.43. The number of hydrogen-bond donors (Lipinski definition) is 0. The predicted octanol–water partition coefficient (Wildman–Crippen LogP) is 3.73. The van der Waals surface area contributed by atoms with Gasteiger partial charge in [-0.1, -0.05) is 19.8 Å². The van der Waals surface area contributed by atoms with Crippen LogP contribution >= 0.6 is 0 Å². The molecule has 0 radical (unpaired) electrons. The molecule has 0 amide bonds. The predicted molar refractivity (Wildman–Crippen MR) is 61.0 cm³/mol. The first kappa shape index (κ1) is 15.3. The average molecular weight is 286 g/mol. The van der Waals surface area contributed by atoms with Gasteiger partial charge < -0.3 is 4.18 Å². The van der Waals surface area contributed by atoms with Crippen LogP contribution in [0.2, 0.25) is 0 Å². The minimum absolute atomic E-state index is 0.0697. The molecule has 0 unspecified atom stereocenters. The number of rotatable bonds is 5. The molecule has 0 bridgehead atoms. The van der Waals surface area contributed by atoms with Crippen molar-refractivity contribution in [3.05, 3.63) is 11.8 Å². The fourth-order valence-electron chi connectivity index (χ4n) is 1.92. The van der Waals surface area contributed by atoms with Crippen LogP contribution in [0.4, 0.5) is 13.2 Å². The van der Waals surface area contributed by atoms with E-state index in [1.54, 1.807) is 0 Å². The summed E-state index contributed by atoms with van der Waals surface area (Å²) in [7, 11) is -5.51. The number of halogens is 3. The smallest absolute Gasteiger partial charge is 0.381 e. The van der Waals surface area contributed by atoms with Gasteiger partial charge in [0.15, 0.2) is 0 Å². The lowest BCUT2D eigenvalue weighted by atomic mass is 9.90. The van der Waals surface area contributed by atoms with Gasteiger partial charge >= 0.3 is 15.6 Å². The van der Waals surface area contributed by atoms with E-state index in [1.807, 2.05) is 6.92 Å². The molecular weight excluding hydrogens is 269 g/mol. The summed E-state index contributed by atoms with van der Waals surface area (Å²) < 4.78 is 62.3. The summed E-state index contributed by atoms with van der Waals surface area (Å²) in [5, 5.41) is 0. The van der Waals surface area contributed by atoms with Crippen LogP contribution in [0.1, 0.15) is 45.4 Å². The molecular formula is C11H17F3O3S. The minimum atomic E-state index is -5.51. The fraction of sp³-hybridized carbons (Fsp3) is 0.818. The van der Waals surface area contributed by atoms with Gasteiger partial charge in [0.2, 0.25) is 0 Å². The maximum absolute atomic E-state index is 12.1. The Balaban J connectivity index is 2.69. The van der Waals surface area contributed by atoms with Crippen molar-refractivity contribution in [1.29, 1.82) is 0 Å². The summed E-state index contributed by atoms with van der Waals surface area (Å²) in [5.74, 6) is 0.0526. The van der Waals surface area contributed by atoms with Crippen molar-refractivity contribution in [1.82, 2.24) is 0 Å². The summed E-state index contributed by atoms with van der Waals surface area (Å²) in [4.78, 5) is 0. The van der Waals surface area contributed by atoms with Crippen LogP contribution in [0.3, 0.4) is 0 Å². The van der Waals surface area contributed by atoms with Crippen LogP contribution in [0.5, 0.6) is 0 Å². The minimum Gasteiger partial charge on any atom is -0.381 e. The van der Waals surface area contributed by atoms with Crippen molar-refractivity contribution in [2.45, 2.75) is 51.0 Å². The van der Waals surface area contributed by atoms with E-state index in [4.69, 9.17) is 0 Å². The molecule has 0 N–H and O–H groups in total. The van der Waals surface area contributed by atoms with Gasteiger partial charge in [-0.25, -0.2) is 0 Å². The zero-order chi connectivity index (χ0) is 13.8. The third-order valence-electron chi connectivity index (χ3n) is 2.85. The molecule has 0 aromatic carbocycles. The first-order chi connectivity index (χ1) is 8.26. The molecule has 0 saturated heterocycles. The van der Waals surface area contributed by atoms with Gasteiger partial charge in [-0.2, -0.15) is 21.6 Å². The van der Waals surface area contributed by atoms with Crippen LogP contribution in [0, 0.1) is 5.92 Å². The van der Waals surface area contributed by atoms with E-state index in [9.17, 15) is 21.6 Å². The summed E-state index contributed by atoms with van der Waals surface area (Å²) in [6.07, 6.45) is 6.14. The van der Waals surface area contributed by atoms with Crippen molar-refractivity contribution in [3.8, 4) is 0 Å². The van der Waals surface area contributed by atoms with Crippen LogP contribution in [0.15, 0.2) is 11.8 Å². The Morgan fingerprint density at radius 2 is 2.11 bits per heavy atom. The van der Waals surface area contributed by atoms with Gasteiger partial charge in [-0.05, 0) is 31.3 Å². The Morgan fingerprint density at radius 3 is 2.67 bits per heavy atom. The van der Waals surface area contributed by atoms with Gasteiger partial charge in [0.1, 0.15) is 5.76 Å². The Kier molecular flexibility index (Phi) is 5.07. The van der Waals surface area contributed by atoms with Crippen LogP contribution in [0.25, 0.3) is 0 Å². The molecule has 0 saturated carbocycles. The average Bonchev–Trinajstić information content (AvgIpc) is 2.24. The van der Waals surface area contributed by atoms with Crippen molar-refractivity contribution in [2.75, 3.05) is 0 Å². The van der Waals surface area contributed by atoms with E-state index in [-0.39, 0.29) is 18.1 Å². The maximum atomic E-state index is 12.1. The highest BCUT2D eigenvalue weighted by Crippen LogP contribution is 2.32. The molecule has 106 valence electrons. The second-order valence-corrected chi connectivity index (χ2v) is 5.95. The summed E-state index contributed by atoms with van der Waals surface area (Å²) >= 11 is 0. The van der Waals surface area contributed by atoms with Gasteiger partial charge in [-0.3, -0.25) is 0 Å². The Morgan fingerprint density at radius 1 is 1.44 bits per heavy atom. The monoisotopic (exact) mass is 286 g/mol. The second kappa shape index (κ2) is 5.95. The Hall–Kier alpha value is -0.720. The Labute approximate surface area is 105 Å².